The van der Waals surface area contributed by atoms with Gasteiger partial charge in [0.1, 0.15) is 11.7 Å². The molecule has 0 fully saturated rings. The van der Waals surface area contributed by atoms with Crippen molar-refractivity contribution in [2.24, 2.45) is 5.92 Å². The van der Waals surface area contributed by atoms with Gasteiger partial charge in [0.05, 0.1) is 6.07 Å². The zero-order valence-corrected chi connectivity index (χ0v) is 13.4. The minimum absolute atomic E-state index is 0.0514. The molecule has 0 aliphatic heterocycles. The Bertz CT molecular complexity index is 707. The molecule has 0 aliphatic carbocycles. The van der Waals surface area contributed by atoms with Gasteiger partial charge in [0.15, 0.2) is 0 Å². The molecule has 1 unspecified atom stereocenters. The van der Waals surface area contributed by atoms with Crippen LogP contribution in [0.2, 0.25) is 5.02 Å². The third kappa shape index (κ3) is 3.88. The monoisotopic (exact) mass is 330 g/mol. The molecule has 0 saturated heterocycles. The van der Waals surface area contributed by atoms with Gasteiger partial charge in [-0.3, -0.25) is 4.79 Å². The fourth-order valence-electron chi connectivity index (χ4n) is 2.38. The summed E-state index contributed by atoms with van der Waals surface area (Å²) in [5, 5.41) is 9.59. The number of amides is 1. The highest BCUT2D eigenvalue weighted by Gasteiger charge is 2.26. The largest absolute Gasteiger partial charge is 0.312 e. The second kappa shape index (κ2) is 7.75. The topological polar surface area (TPSA) is 44.1 Å². The summed E-state index contributed by atoms with van der Waals surface area (Å²) in [5.41, 5.74) is 0.901. The molecule has 0 bridgehead atoms. The molecule has 1 atom stereocenters. The summed E-state index contributed by atoms with van der Waals surface area (Å²) in [6, 6.07) is 15.4. The molecule has 2 aromatic rings. The molecule has 2 rings (SSSR count). The SMILES string of the molecule is CCN(C(=O)C(C#N)Cc1c(F)cccc1Cl)c1ccccc1. The van der Waals surface area contributed by atoms with Gasteiger partial charge < -0.3 is 4.90 Å². The third-order valence-electron chi connectivity index (χ3n) is 3.57. The number of benzene rings is 2. The Morgan fingerprint density at radius 1 is 1.26 bits per heavy atom. The van der Waals surface area contributed by atoms with Gasteiger partial charge in [-0.05, 0) is 31.2 Å². The highest BCUT2D eigenvalue weighted by Crippen LogP contribution is 2.24. The Hall–Kier alpha value is -2.38. The lowest BCUT2D eigenvalue weighted by molar-refractivity contribution is -0.120. The van der Waals surface area contributed by atoms with Crippen molar-refractivity contribution in [3.63, 3.8) is 0 Å². The molecule has 5 heteroatoms. The summed E-state index contributed by atoms with van der Waals surface area (Å²) < 4.78 is 13.9. The molecule has 2 aromatic carbocycles. The van der Waals surface area contributed by atoms with E-state index < -0.39 is 11.7 Å². The lowest BCUT2D eigenvalue weighted by Crippen LogP contribution is -2.36. The summed E-state index contributed by atoms with van der Waals surface area (Å²) in [6.45, 7) is 2.25. The normalized spacial score (nSPS) is 11.6. The van der Waals surface area contributed by atoms with Gasteiger partial charge in [-0.2, -0.15) is 5.26 Å². The maximum absolute atomic E-state index is 13.9. The summed E-state index contributed by atoms with van der Waals surface area (Å²) in [6.07, 6.45) is -0.0514. The molecule has 118 valence electrons. The van der Waals surface area contributed by atoms with Gasteiger partial charge in [-0.15, -0.1) is 0 Å². The third-order valence-corrected chi connectivity index (χ3v) is 3.93. The second-order valence-electron chi connectivity index (χ2n) is 5.00. The predicted molar refractivity (Wildman–Crippen MR) is 88.7 cm³/mol. The number of nitrogens with zero attached hydrogens (tertiary/aromatic N) is 2. The standard InChI is InChI=1S/C18H16ClFN2O/c1-2-22(14-7-4-3-5-8-14)18(23)13(12-21)11-15-16(19)9-6-10-17(15)20/h3-10,13H,2,11H2,1H3. The van der Waals surface area contributed by atoms with Crippen LogP contribution in [0.1, 0.15) is 12.5 Å². The van der Waals surface area contributed by atoms with Crippen LogP contribution in [0.5, 0.6) is 0 Å². The molecule has 1 amide bonds. The number of carbonyl (C=O) groups excluding carboxylic acids is 1. The average Bonchev–Trinajstić information content (AvgIpc) is 2.56. The minimum atomic E-state index is -0.996. The van der Waals surface area contributed by atoms with Gasteiger partial charge in [0.2, 0.25) is 5.91 Å². The predicted octanol–water partition coefficient (Wildman–Crippen LogP) is 4.21. The van der Waals surface area contributed by atoms with Crippen molar-refractivity contribution in [3.8, 4) is 6.07 Å². The number of hydrogen-bond donors (Lipinski definition) is 0. The van der Waals surface area contributed by atoms with Crippen molar-refractivity contribution in [2.45, 2.75) is 13.3 Å². The van der Waals surface area contributed by atoms with Gasteiger partial charge in [0, 0.05) is 29.2 Å². The van der Waals surface area contributed by atoms with E-state index in [0.717, 1.165) is 0 Å². The van der Waals surface area contributed by atoms with Crippen LogP contribution in [0, 0.1) is 23.1 Å². The van der Waals surface area contributed by atoms with E-state index in [1.54, 1.807) is 18.2 Å². The molecule has 0 spiro atoms. The van der Waals surface area contributed by atoms with E-state index in [4.69, 9.17) is 11.6 Å². The molecule has 0 aliphatic rings. The number of carbonyl (C=O) groups is 1. The van der Waals surface area contributed by atoms with E-state index in [1.165, 1.54) is 17.0 Å². The van der Waals surface area contributed by atoms with Crippen molar-refractivity contribution < 1.29 is 9.18 Å². The number of halogens is 2. The Morgan fingerprint density at radius 2 is 1.96 bits per heavy atom. The highest BCUT2D eigenvalue weighted by molar-refractivity contribution is 6.31. The van der Waals surface area contributed by atoms with E-state index in [0.29, 0.717) is 12.2 Å². The molecule has 0 saturated carbocycles. The Labute approximate surface area is 139 Å². The minimum Gasteiger partial charge on any atom is -0.312 e. The van der Waals surface area contributed by atoms with Gasteiger partial charge >= 0.3 is 0 Å². The molecule has 0 N–H and O–H groups in total. The number of nitriles is 1. The molecular weight excluding hydrogens is 315 g/mol. The molecule has 0 radical (unpaired) electrons. The van der Waals surface area contributed by atoms with Crippen LogP contribution in [-0.4, -0.2) is 12.5 Å². The maximum Gasteiger partial charge on any atom is 0.244 e. The highest BCUT2D eigenvalue weighted by atomic mass is 35.5. The maximum atomic E-state index is 13.9. The zero-order valence-electron chi connectivity index (χ0n) is 12.7. The van der Waals surface area contributed by atoms with E-state index in [-0.39, 0.29) is 22.9 Å². The average molecular weight is 331 g/mol. The Morgan fingerprint density at radius 3 is 2.52 bits per heavy atom. The van der Waals surface area contributed by atoms with Crippen LogP contribution in [-0.2, 0) is 11.2 Å². The number of rotatable bonds is 5. The first-order chi connectivity index (χ1) is 11.1. The second-order valence-corrected chi connectivity index (χ2v) is 5.41. The molecule has 0 heterocycles. The van der Waals surface area contributed by atoms with Crippen molar-refractivity contribution in [1.29, 1.82) is 5.26 Å². The van der Waals surface area contributed by atoms with Crippen LogP contribution < -0.4 is 4.90 Å². The molecule has 23 heavy (non-hydrogen) atoms. The molecular formula is C18H16ClFN2O. The first-order valence-corrected chi connectivity index (χ1v) is 7.65. The fraction of sp³-hybridized carbons (Fsp3) is 0.222. The summed E-state index contributed by atoms with van der Waals surface area (Å²) in [4.78, 5) is 14.2. The van der Waals surface area contributed by atoms with E-state index in [2.05, 4.69) is 0 Å². The smallest absolute Gasteiger partial charge is 0.244 e. The summed E-state index contributed by atoms with van der Waals surface area (Å²) in [5.74, 6) is -1.86. The van der Waals surface area contributed by atoms with Crippen LogP contribution in [0.4, 0.5) is 10.1 Å². The first-order valence-electron chi connectivity index (χ1n) is 7.27. The van der Waals surface area contributed by atoms with E-state index in [9.17, 15) is 14.4 Å². The van der Waals surface area contributed by atoms with Gasteiger partial charge in [-0.1, -0.05) is 35.9 Å². The summed E-state index contributed by atoms with van der Waals surface area (Å²) >= 11 is 5.99. The molecule has 3 nitrogen and oxygen atoms in total. The summed E-state index contributed by atoms with van der Waals surface area (Å²) in [7, 11) is 0. The van der Waals surface area contributed by atoms with Crippen LogP contribution in [0.25, 0.3) is 0 Å². The van der Waals surface area contributed by atoms with Crippen molar-refractivity contribution in [2.75, 3.05) is 11.4 Å². The van der Waals surface area contributed by atoms with Crippen molar-refractivity contribution >= 4 is 23.2 Å². The van der Waals surface area contributed by atoms with E-state index >= 15 is 0 Å². The van der Waals surface area contributed by atoms with Crippen LogP contribution >= 0.6 is 11.6 Å². The van der Waals surface area contributed by atoms with Crippen LogP contribution in [0.15, 0.2) is 48.5 Å². The Balaban J connectivity index is 2.27. The number of anilines is 1. The number of hydrogen-bond acceptors (Lipinski definition) is 2. The fourth-order valence-corrected chi connectivity index (χ4v) is 2.62. The molecule has 0 aromatic heterocycles. The van der Waals surface area contributed by atoms with E-state index in [1.807, 2.05) is 31.2 Å². The van der Waals surface area contributed by atoms with Gasteiger partial charge in [0.25, 0.3) is 0 Å². The lowest BCUT2D eigenvalue weighted by Gasteiger charge is -2.23. The van der Waals surface area contributed by atoms with Crippen molar-refractivity contribution in [1.82, 2.24) is 0 Å². The zero-order chi connectivity index (χ0) is 16.8. The number of para-hydroxylation sites is 1. The van der Waals surface area contributed by atoms with Gasteiger partial charge in [-0.25, -0.2) is 4.39 Å². The first kappa shape index (κ1) is 17.0. The van der Waals surface area contributed by atoms with Crippen molar-refractivity contribution in [3.05, 3.63) is 64.9 Å². The quantitative estimate of drug-likeness (QED) is 0.824. The van der Waals surface area contributed by atoms with Crippen LogP contribution in [0.3, 0.4) is 0 Å². The Kier molecular flexibility index (Phi) is 5.72. The lowest BCUT2D eigenvalue weighted by atomic mass is 9.98.